The summed E-state index contributed by atoms with van der Waals surface area (Å²) in [7, 11) is 1.66. The number of rotatable bonds is 7. The molecule has 5 heteroatoms. The van der Waals surface area contributed by atoms with E-state index in [1.54, 1.807) is 19.5 Å². The zero-order chi connectivity index (χ0) is 19.9. The first-order valence-electron chi connectivity index (χ1n) is 9.25. The normalized spacial score (nSPS) is 10.4. The van der Waals surface area contributed by atoms with E-state index in [9.17, 15) is 4.79 Å². The molecule has 3 aromatic rings. The molecule has 0 saturated carbocycles. The van der Waals surface area contributed by atoms with Gasteiger partial charge in [-0.15, -0.1) is 0 Å². The van der Waals surface area contributed by atoms with Gasteiger partial charge >= 0.3 is 0 Å². The lowest BCUT2D eigenvalue weighted by molar-refractivity contribution is 0.102. The minimum Gasteiger partial charge on any atom is -0.497 e. The fourth-order valence-corrected chi connectivity index (χ4v) is 3.05. The number of anilines is 2. The molecule has 0 aliphatic rings. The van der Waals surface area contributed by atoms with Gasteiger partial charge in [0.15, 0.2) is 0 Å². The quantitative estimate of drug-likeness (QED) is 0.633. The van der Waals surface area contributed by atoms with Crippen LogP contribution < -0.4 is 15.4 Å². The highest BCUT2D eigenvalue weighted by atomic mass is 16.5. The first-order chi connectivity index (χ1) is 13.5. The fraction of sp³-hybridized carbons (Fsp3) is 0.217. The molecule has 3 rings (SSSR count). The van der Waals surface area contributed by atoms with Crippen LogP contribution in [0.5, 0.6) is 5.75 Å². The molecule has 0 radical (unpaired) electrons. The number of pyridine rings is 1. The number of carbonyl (C=O) groups excluding carboxylic acids is 1. The molecule has 0 bridgehead atoms. The van der Waals surface area contributed by atoms with Crippen LogP contribution in [0.15, 0.2) is 60.9 Å². The highest BCUT2D eigenvalue weighted by Crippen LogP contribution is 2.16. The Morgan fingerprint density at radius 3 is 2.36 bits per heavy atom. The van der Waals surface area contributed by atoms with Gasteiger partial charge in [0.1, 0.15) is 5.75 Å². The lowest BCUT2D eigenvalue weighted by atomic mass is 10.1. The van der Waals surface area contributed by atoms with E-state index in [0.717, 1.165) is 41.2 Å². The van der Waals surface area contributed by atoms with Crippen LogP contribution in [0.3, 0.4) is 0 Å². The number of carbonyl (C=O) groups is 1. The second-order valence-electron chi connectivity index (χ2n) is 6.82. The zero-order valence-electron chi connectivity index (χ0n) is 16.5. The van der Waals surface area contributed by atoms with Crippen LogP contribution in [0.4, 0.5) is 11.4 Å². The molecule has 0 unspecified atom stereocenters. The Kier molecular flexibility index (Phi) is 6.27. The second kappa shape index (κ2) is 9.04. The summed E-state index contributed by atoms with van der Waals surface area (Å²) in [4.78, 5) is 16.7. The van der Waals surface area contributed by atoms with Crippen molar-refractivity contribution in [3.05, 3.63) is 83.2 Å². The van der Waals surface area contributed by atoms with Crippen molar-refractivity contribution in [2.45, 2.75) is 20.3 Å². The molecular formula is C23H25N3O2. The Labute approximate surface area is 165 Å². The first kappa shape index (κ1) is 19.4. The second-order valence-corrected chi connectivity index (χ2v) is 6.82. The number of hydrogen-bond acceptors (Lipinski definition) is 4. The van der Waals surface area contributed by atoms with E-state index < -0.39 is 0 Å². The third-order valence-corrected chi connectivity index (χ3v) is 4.38. The largest absolute Gasteiger partial charge is 0.497 e. The maximum Gasteiger partial charge on any atom is 0.257 e. The fourth-order valence-electron chi connectivity index (χ4n) is 3.05. The van der Waals surface area contributed by atoms with Crippen molar-refractivity contribution >= 4 is 17.3 Å². The first-order valence-corrected chi connectivity index (χ1v) is 9.25. The van der Waals surface area contributed by atoms with Crippen molar-refractivity contribution in [2.24, 2.45) is 0 Å². The maximum atomic E-state index is 12.6. The van der Waals surface area contributed by atoms with Crippen molar-refractivity contribution in [1.29, 1.82) is 0 Å². The summed E-state index contributed by atoms with van der Waals surface area (Å²) in [5.74, 6) is 0.680. The molecule has 0 saturated heterocycles. The number of nitrogens with one attached hydrogen (secondary N) is 2. The lowest BCUT2D eigenvalue weighted by Crippen LogP contribution is -2.13. The van der Waals surface area contributed by atoms with Gasteiger partial charge in [-0.1, -0.05) is 18.2 Å². The molecule has 0 aliphatic carbocycles. The lowest BCUT2D eigenvalue weighted by Gasteiger charge is -2.10. The molecule has 0 aliphatic heterocycles. The molecule has 2 N–H and O–H groups in total. The minimum absolute atomic E-state index is 0.170. The Hall–Kier alpha value is -3.34. The summed E-state index contributed by atoms with van der Waals surface area (Å²) in [6, 6.07) is 15.8. The number of ether oxygens (including phenoxy) is 1. The third-order valence-electron chi connectivity index (χ3n) is 4.38. The summed E-state index contributed by atoms with van der Waals surface area (Å²) in [5, 5.41) is 6.27. The van der Waals surface area contributed by atoms with Crippen LogP contribution >= 0.6 is 0 Å². The molecule has 5 nitrogen and oxygen atoms in total. The standard InChI is InChI=1S/C23H25N3O2/c1-16-10-17(2)12-20(11-16)26-23(27)19-13-21(15-24-14-19)25-9-8-18-4-6-22(28-3)7-5-18/h4-7,10-15,25H,8-9H2,1-3H3,(H,26,27). The van der Waals surface area contributed by atoms with E-state index in [2.05, 4.69) is 21.7 Å². The number of aromatic nitrogens is 1. The number of nitrogens with zero attached hydrogens (tertiary/aromatic N) is 1. The van der Waals surface area contributed by atoms with Gasteiger partial charge in [0.25, 0.3) is 5.91 Å². The van der Waals surface area contributed by atoms with Gasteiger partial charge in [-0.2, -0.15) is 0 Å². The van der Waals surface area contributed by atoms with Crippen LogP contribution in [0.25, 0.3) is 0 Å². The average Bonchev–Trinajstić information content (AvgIpc) is 2.68. The monoisotopic (exact) mass is 375 g/mol. The molecule has 1 aromatic heterocycles. The van der Waals surface area contributed by atoms with E-state index in [4.69, 9.17) is 4.74 Å². The van der Waals surface area contributed by atoms with Crippen molar-refractivity contribution in [3.63, 3.8) is 0 Å². The van der Waals surface area contributed by atoms with Crippen LogP contribution in [0.2, 0.25) is 0 Å². The number of benzene rings is 2. The zero-order valence-corrected chi connectivity index (χ0v) is 16.5. The molecule has 2 aromatic carbocycles. The number of aryl methyl sites for hydroxylation is 2. The summed E-state index contributed by atoms with van der Waals surface area (Å²) in [6.45, 7) is 4.77. The molecule has 1 amide bonds. The Bertz CT molecular complexity index is 932. The van der Waals surface area contributed by atoms with Crippen molar-refractivity contribution in [1.82, 2.24) is 4.98 Å². The SMILES string of the molecule is COc1ccc(CCNc2cncc(C(=O)Nc3cc(C)cc(C)c3)c2)cc1. The average molecular weight is 375 g/mol. The van der Waals surface area contributed by atoms with Gasteiger partial charge in [0.05, 0.1) is 18.4 Å². The summed E-state index contributed by atoms with van der Waals surface area (Å²) >= 11 is 0. The van der Waals surface area contributed by atoms with E-state index in [1.165, 1.54) is 5.56 Å². The van der Waals surface area contributed by atoms with Crippen molar-refractivity contribution < 1.29 is 9.53 Å². The Morgan fingerprint density at radius 1 is 0.964 bits per heavy atom. The number of amides is 1. The van der Waals surface area contributed by atoms with E-state index >= 15 is 0 Å². The smallest absolute Gasteiger partial charge is 0.257 e. The summed E-state index contributed by atoms with van der Waals surface area (Å²) in [5.41, 5.74) is 5.57. The molecule has 28 heavy (non-hydrogen) atoms. The van der Waals surface area contributed by atoms with Gasteiger partial charge in [0, 0.05) is 24.6 Å². The third kappa shape index (κ3) is 5.33. The van der Waals surface area contributed by atoms with Crippen LogP contribution in [0, 0.1) is 13.8 Å². The Morgan fingerprint density at radius 2 is 1.68 bits per heavy atom. The Balaban J connectivity index is 1.58. The predicted octanol–water partition coefficient (Wildman–Crippen LogP) is 4.61. The predicted molar refractivity (Wildman–Crippen MR) is 113 cm³/mol. The van der Waals surface area contributed by atoms with Crippen LogP contribution in [0.1, 0.15) is 27.0 Å². The van der Waals surface area contributed by atoms with Crippen molar-refractivity contribution in [3.8, 4) is 5.75 Å². The van der Waals surface area contributed by atoms with Gasteiger partial charge in [-0.05, 0) is 67.3 Å². The van der Waals surface area contributed by atoms with E-state index in [0.29, 0.717) is 5.56 Å². The summed E-state index contributed by atoms with van der Waals surface area (Å²) in [6.07, 6.45) is 4.16. The number of hydrogen-bond donors (Lipinski definition) is 2. The molecule has 0 atom stereocenters. The number of methoxy groups -OCH3 is 1. The van der Waals surface area contributed by atoms with Crippen molar-refractivity contribution in [2.75, 3.05) is 24.3 Å². The highest BCUT2D eigenvalue weighted by molar-refractivity contribution is 6.04. The van der Waals surface area contributed by atoms with Crippen LogP contribution in [-0.4, -0.2) is 24.5 Å². The minimum atomic E-state index is -0.170. The maximum absolute atomic E-state index is 12.6. The van der Waals surface area contributed by atoms with Gasteiger partial charge in [-0.25, -0.2) is 0 Å². The van der Waals surface area contributed by atoms with E-state index in [-0.39, 0.29) is 5.91 Å². The van der Waals surface area contributed by atoms with Gasteiger partial charge in [-0.3, -0.25) is 9.78 Å². The molecule has 0 fully saturated rings. The van der Waals surface area contributed by atoms with Gasteiger partial charge in [0.2, 0.25) is 0 Å². The highest BCUT2D eigenvalue weighted by Gasteiger charge is 2.08. The molecule has 0 spiro atoms. The van der Waals surface area contributed by atoms with Crippen LogP contribution in [-0.2, 0) is 6.42 Å². The topological polar surface area (TPSA) is 63.2 Å². The molecule has 144 valence electrons. The molecular weight excluding hydrogens is 350 g/mol. The van der Waals surface area contributed by atoms with E-state index in [1.807, 2.05) is 56.3 Å². The summed E-state index contributed by atoms with van der Waals surface area (Å²) < 4.78 is 5.17. The molecule has 1 heterocycles. The van der Waals surface area contributed by atoms with Gasteiger partial charge < -0.3 is 15.4 Å².